The predicted octanol–water partition coefficient (Wildman–Crippen LogP) is 7.00. The van der Waals surface area contributed by atoms with E-state index in [2.05, 4.69) is 40.8 Å². The molecular formula is C31H38BF2N3O2. The number of nitrogen functional groups attached to an aromatic ring is 1. The van der Waals surface area contributed by atoms with Gasteiger partial charge in [-0.3, -0.25) is 13.6 Å². The third-order valence-corrected chi connectivity index (χ3v) is 6.39. The molecule has 0 amide bonds. The molecule has 206 valence electrons. The maximum absolute atomic E-state index is 12.4. The van der Waals surface area contributed by atoms with Gasteiger partial charge in [-0.1, -0.05) is 30.4 Å². The van der Waals surface area contributed by atoms with Gasteiger partial charge in [0, 0.05) is 36.8 Å². The Morgan fingerprint density at radius 1 is 1.18 bits per heavy atom. The molecule has 0 spiro atoms. The minimum atomic E-state index is -2.45. The van der Waals surface area contributed by atoms with E-state index >= 15 is 0 Å². The summed E-state index contributed by atoms with van der Waals surface area (Å²) in [5, 5.41) is 0. The van der Waals surface area contributed by atoms with Gasteiger partial charge in [-0.2, -0.15) is 0 Å². The summed E-state index contributed by atoms with van der Waals surface area (Å²) in [4.78, 5) is 3.76. The Kier molecular flexibility index (Phi) is 11.1. The normalized spacial score (nSPS) is 16.6. The Morgan fingerprint density at radius 3 is 2.59 bits per heavy atom. The number of ether oxygens (including phenoxy) is 2. The molecule has 8 heteroatoms. The zero-order valence-electron chi connectivity index (χ0n) is 23.5. The summed E-state index contributed by atoms with van der Waals surface area (Å²) in [5.41, 5.74) is 14.0. The van der Waals surface area contributed by atoms with Crippen molar-refractivity contribution < 1.29 is 18.1 Å². The molecule has 0 saturated carbocycles. The topological polar surface area (TPSA) is 61.8 Å². The number of nitrogens with two attached hydrogens (primary N) is 1. The first-order chi connectivity index (χ1) is 18.7. The van der Waals surface area contributed by atoms with Gasteiger partial charge >= 0.3 is 7.27 Å². The molecule has 1 unspecified atom stereocenters. The van der Waals surface area contributed by atoms with Crippen molar-refractivity contribution in [3.8, 4) is 0 Å². The molecule has 2 N–H and O–H groups in total. The number of hydrogen-bond acceptors (Lipinski definition) is 4. The summed E-state index contributed by atoms with van der Waals surface area (Å²) in [7, 11) is -0.409. The van der Waals surface area contributed by atoms with Crippen molar-refractivity contribution in [2.45, 2.75) is 40.2 Å². The Bertz CT molecular complexity index is 1300. The maximum Gasteiger partial charge on any atom is 0.559 e. The summed E-state index contributed by atoms with van der Waals surface area (Å²) >= 11 is 0. The van der Waals surface area contributed by atoms with E-state index in [1.165, 1.54) is 6.21 Å². The van der Waals surface area contributed by atoms with Crippen molar-refractivity contribution in [1.29, 1.82) is 0 Å². The monoisotopic (exact) mass is 533 g/mol. The molecule has 0 radical (unpaired) electrons. The number of benzene rings is 1. The molecule has 1 aliphatic rings. The number of aryl methyl sites for hydroxylation is 1. The molecule has 0 aliphatic heterocycles. The fraction of sp³-hybridized carbons (Fsp3) is 0.323. The van der Waals surface area contributed by atoms with E-state index in [9.17, 15) is 8.63 Å². The maximum atomic E-state index is 12.4. The van der Waals surface area contributed by atoms with Crippen LogP contribution in [0.5, 0.6) is 0 Å². The van der Waals surface area contributed by atoms with Crippen molar-refractivity contribution in [2.75, 3.05) is 25.4 Å². The number of aliphatic imine (C=N–C) groups is 1. The molecule has 1 atom stereocenters. The van der Waals surface area contributed by atoms with E-state index in [1.807, 2.05) is 64.2 Å². The van der Waals surface area contributed by atoms with Crippen LogP contribution in [-0.4, -0.2) is 43.8 Å². The largest absolute Gasteiger partial charge is 0.559 e. The first kappa shape index (κ1) is 29.9. The molecule has 3 rings (SSSR count). The van der Waals surface area contributed by atoms with Crippen molar-refractivity contribution in [2.24, 2.45) is 12.0 Å². The first-order valence-corrected chi connectivity index (χ1v) is 13.3. The van der Waals surface area contributed by atoms with E-state index in [1.54, 1.807) is 6.08 Å². The number of aromatic nitrogens is 1. The van der Waals surface area contributed by atoms with Crippen LogP contribution < -0.4 is 5.73 Å². The highest BCUT2D eigenvalue weighted by atomic mass is 19.2. The number of rotatable bonds is 12. The van der Waals surface area contributed by atoms with Gasteiger partial charge in [-0.25, -0.2) is 0 Å². The number of anilines is 1. The predicted molar refractivity (Wildman–Crippen MR) is 160 cm³/mol. The standard InChI is InChI=1S/C31H38BF2N3O2/c1-6-38-28-17-11-24(20-29(28)39-7-2)10-16-27-19-23(4)31(37(27)5)30(25-12-14-26(35)15-13-25)22(3)9-8-18-36-21-32(33)34/h8-16,18-20,28H,6-7,17,21,35H2,1-5H3/b9-8-,16-10+,30-22+,36-18?. The molecular weight excluding hydrogens is 495 g/mol. The molecule has 0 fully saturated rings. The molecule has 2 aromatic rings. The smallest absolute Gasteiger partial charge is 0.495 e. The van der Waals surface area contributed by atoms with E-state index < -0.39 is 13.7 Å². The summed E-state index contributed by atoms with van der Waals surface area (Å²) in [6.07, 6.45) is 13.6. The number of allylic oxidation sites excluding steroid dienone is 6. The Labute approximate surface area is 231 Å². The lowest BCUT2D eigenvalue weighted by Gasteiger charge is -2.22. The number of halogens is 2. The van der Waals surface area contributed by atoms with Crippen LogP contribution in [0.2, 0.25) is 0 Å². The van der Waals surface area contributed by atoms with E-state index in [-0.39, 0.29) is 6.10 Å². The molecule has 39 heavy (non-hydrogen) atoms. The average Bonchev–Trinajstić information content (AvgIpc) is 3.18. The van der Waals surface area contributed by atoms with Gasteiger partial charge in [0.05, 0.1) is 18.7 Å². The van der Waals surface area contributed by atoms with Gasteiger partial charge in [-0.05, 0) is 92.8 Å². The van der Waals surface area contributed by atoms with E-state index in [0.717, 1.165) is 51.4 Å². The molecule has 1 heterocycles. The highest BCUT2D eigenvalue weighted by molar-refractivity contribution is 6.43. The van der Waals surface area contributed by atoms with Crippen LogP contribution in [-0.2, 0) is 16.5 Å². The van der Waals surface area contributed by atoms with E-state index in [0.29, 0.717) is 18.9 Å². The zero-order valence-corrected chi connectivity index (χ0v) is 23.5. The highest BCUT2D eigenvalue weighted by Gasteiger charge is 2.20. The van der Waals surface area contributed by atoms with Gasteiger partial charge in [0.15, 0.2) is 0 Å². The molecule has 1 aromatic heterocycles. The van der Waals surface area contributed by atoms with Gasteiger partial charge in [0.25, 0.3) is 0 Å². The minimum Gasteiger partial charge on any atom is -0.495 e. The average molecular weight is 533 g/mol. The Balaban J connectivity index is 1.98. The fourth-order valence-corrected chi connectivity index (χ4v) is 4.60. The number of nitrogens with zero attached hydrogens (tertiary/aromatic N) is 2. The lowest BCUT2D eigenvalue weighted by molar-refractivity contribution is 0.0389. The molecule has 0 saturated heterocycles. The van der Waals surface area contributed by atoms with Gasteiger partial charge in [0.1, 0.15) is 11.9 Å². The summed E-state index contributed by atoms with van der Waals surface area (Å²) in [6, 6.07) is 9.91. The first-order valence-electron chi connectivity index (χ1n) is 13.3. The van der Waals surface area contributed by atoms with Gasteiger partial charge in [0.2, 0.25) is 0 Å². The molecule has 5 nitrogen and oxygen atoms in total. The van der Waals surface area contributed by atoms with Crippen LogP contribution in [0.15, 0.2) is 82.6 Å². The van der Waals surface area contributed by atoms with Gasteiger partial charge < -0.3 is 19.8 Å². The van der Waals surface area contributed by atoms with Crippen molar-refractivity contribution in [3.05, 3.63) is 100 Å². The lowest BCUT2D eigenvalue weighted by atomic mass is 9.95. The molecule has 1 aromatic carbocycles. The third-order valence-electron chi connectivity index (χ3n) is 6.39. The second kappa shape index (κ2) is 14.5. The van der Waals surface area contributed by atoms with Crippen LogP contribution in [0.3, 0.4) is 0 Å². The van der Waals surface area contributed by atoms with E-state index in [4.69, 9.17) is 15.2 Å². The van der Waals surface area contributed by atoms with Crippen molar-refractivity contribution in [1.82, 2.24) is 4.57 Å². The van der Waals surface area contributed by atoms with Crippen molar-refractivity contribution in [3.63, 3.8) is 0 Å². The Morgan fingerprint density at radius 2 is 1.92 bits per heavy atom. The second-order valence-electron chi connectivity index (χ2n) is 9.30. The van der Waals surface area contributed by atoms with Crippen LogP contribution in [0.25, 0.3) is 11.6 Å². The second-order valence-corrected chi connectivity index (χ2v) is 9.30. The lowest BCUT2D eigenvalue weighted by Crippen LogP contribution is -2.20. The summed E-state index contributed by atoms with van der Waals surface area (Å²) in [5.74, 6) is 0.860. The zero-order chi connectivity index (χ0) is 28.4. The minimum absolute atomic E-state index is 0.0416. The molecule has 1 aliphatic carbocycles. The summed E-state index contributed by atoms with van der Waals surface area (Å²) < 4.78 is 38.7. The van der Waals surface area contributed by atoms with Crippen LogP contribution >= 0.6 is 0 Å². The fourth-order valence-electron chi connectivity index (χ4n) is 4.60. The van der Waals surface area contributed by atoms with Crippen molar-refractivity contribution >= 4 is 30.8 Å². The van der Waals surface area contributed by atoms with Crippen LogP contribution in [0.4, 0.5) is 14.3 Å². The van der Waals surface area contributed by atoms with Crippen LogP contribution in [0, 0.1) is 6.92 Å². The summed E-state index contributed by atoms with van der Waals surface area (Å²) in [6.45, 7) is 9.30. The Hall–Kier alpha value is -3.65. The van der Waals surface area contributed by atoms with Crippen LogP contribution in [0.1, 0.15) is 49.7 Å². The highest BCUT2D eigenvalue weighted by Crippen LogP contribution is 2.33. The quantitative estimate of drug-likeness (QED) is 0.138. The third kappa shape index (κ3) is 8.17. The van der Waals surface area contributed by atoms with Gasteiger partial charge in [-0.15, -0.1) is 0 Å². The number of hydrogen-bond donors (Lipinski definition) is 1. The molecule has 0 bridgehead atoms. The SMILES string of the molecule is CCOC1=CC(/C=C/c2cc(C)c(/C(=C(C)/C=C\C=NCB(F)F)c3ccc(N)cc3)n2C)=CCC1OCC.